The molecule has 1 N–H and O–H groups in total. The maximum Gasteiger partial charge on any atom is 0.265 e. The number of rotatable bonds is 5. The molecular formula is C22H19N3O2. The van der Waals surface area contributed by atoms with Crippen molar-refractivity contribution in [1.29, 1.82) is 0 Å². The van der Waals surface area contributed by atoms with Crippen LogP contribution >= 0.6 is 0 Å². The zero-order valence-electron chi connectivity index (χ0n) is 14.9. The van der Waals surface area contributed by atoms with Gasteiger partial charge in [-0.3, -0.25) is 4.79 Å². The van der Waals surface area contributed by atoms with Crippen molar-refractivity contribution in [1.82, 2.24) is 9.38 Å². The summed E-state index contributed by atoms with van der Waals surface area (Å²) in [4.78, 5) is 16.9. The fourth-order valence-electron chi connectivity index (χ4n) is 2.80. The summed E-state index contributed by atoms with van der Waals surface area (Å²) >= 11 is 0. The molecule has 0 fully saturated rings. The largest absolute Gasteiger partial charge is 0.481 e. The standard InChI is InChI=1S/C22H19N3O2/c1-16(27-19-7-3-2-4-8-19)22(26)23-18-12-10-17(11-13-18)20-15-25-14-6-5-9-21(25)24-20/h2-16H,1H3,(H,23,26)/t16-/m0/s1. The highest BCUT2D eigenvalue weighted by Crippen LogP contribution is 2.21. The van der Waals surface area contributed by atoms with Crippen molar-refractivity contribution in [3.8, 4) is 17.0 Å². The summed E-state index contributed by atoms with van der Waals surface area (Å²) in [5.74, 6) is 0.474. The maximum atomic E-state index is 12.3. The third-order valence-electron chi connectivity index (χ3n) is 4.24. The van der Waals surface area contributed by atoms with E-state index in [-0.39, 0.29) is 5.91 Å². The molecule has 0 bridgehead atoms. The predicted octanol–water partition coefficient (Wildman–Crippen LogP) is 4.41. The molecule has 5 heteroatoms. The molecule has 27 heavy (non-hydrogen) atoms. The summed E-state index contributed by atoms with van der Waals surface area (Å²) in [6, 6.07) is 22.8. The molecule has 0 aliphatic heterocycles. The van der Waals surface area contributed by atoms with Crippen LogP contribution in [0.5, 0.6) is 5.75 Å². The smallest absolute Gasteiger partial charge is 0.265 e. The van der Waals surface area contributed by atoms with Crippen LogP contribution in [0.3, 0.4) is 0 Å². The van der Waals surface area contributed by atoms with Crippen molar-refractivity contribution >= 4 is 17.2 Å². The number of carbonyl (C=O) groups excluding carboxylic acids is 1. The number of ether oxygens (including phenoxy) is 1. The molecule has 134 valence electrons. The van der Waals surface area contributed by atoms with E-state index in [0.717, 1.165) is 22.6 Å². The molecule has 0 aliphatic carbocycles. The topological polar surface area (TPSA) is 55.6 Å². The Kier molecular flexibility index (Phi) is 4.58. The van der Waals surface area contributed by atoms with Crippen molar-refractivity contribution in [2.24, 2.45) is 0 Å². The highest BCUT2D eigenvalue weighted by molar-refractivity contribution is 5.94. The summed E-state index contributed by atoms with van der Waals surface area (Å²) in [6.45, 7) is 1.73. The SMILES string of the molecule is C[C@H](Oc1ccccc1)C(=O)Nc1ccc(-c2cn3ccccc3n2)cc1. The molecule has 2 aromatic heterocycles. The second-order valence-electron chi connectivity index (χ2n) is 6.23. The first-order valence-corrected chi connectivity index (χ1v) is 8.76. The Hall–Kier alpha value is -3.60. The minimum absolute atomic E-state index is 0.195. The lowest BCUT2D eigenvalue weighted by atomic mass is 10.1. The average Bonchev–Trinajstić information content (AvgIpc) is 3.13. The molecule has 0 spiro atoms. The van der Waals surface area contributed by atoms with Gasteiger partial charge in [-0.05, 0) is 43.3 Å². The van der Waals surface area contributed by atoms with Crippen LogP contribution in [0.15, 0.2) is 85.2 Å². The minimum Gasteiger partial charge on any atom is -0.481 e. The number of anilines is 1. The summed E-state index contributed by atoms with van der Waals surface area (Å²) in [5, 5.41) is 2.88. The van der Waals surface area contributed by atoms with Crippen molar-refractivity contribution in [2.45, 2.75) is 13.0 Å². The molecule has 0 radical (unpaired) electrons. The summed E-state index contributed by atoms with van der Waals surface area (Å²) in [6.07, 6.45) is 3.36. The van der Waals surface area contributed by atoms with E-state index < -0.39 is 6.10 Å². The first kappa shape index (κ1) is 16.8. The lowest BCUT2D eigenvalue weighted by Gasteiger charge is -2.14. The van der Waals surface area contributed by atoms with Gasteiger partial charge in [0.1, 0.15) is 11.4 Å². The van der Waals surface area contributed by atoms with Crippen LogP contribution in [0, 0.1) is 0 Å². The second kappa shape index (κ2) is 7.33. The van der Waals surface area contributed by atoms with Crippen LogP contribution in [-0.2, 0) is 4.79 Å². The maximum absolute atomic E-state index is 12.3. The zero-order chi connectivity index (χ0) is 18.6. The van der Waals surface area contributed by atoms with Crippen LogP contribution < -0.4 is 10.1 Å². The normalized spacial score (nSPS) is 11.9. The fourth-order valence-corrected chi connectivity index (χ4v) is 2.80. The van der Waals surface area contributed by atoms with E-state index in [4.69, 9.17) is 4.74 Å². The molecule has 4 rings (SSSR count). The number of imidazole rings is 1. The van der Waals surface area contributed by atoms with Crippen LogP contribution in [-0.4, -0.2) is 21.4 Å². The van der Waals surface area contributed by atoms with E-state index in [2.05, 4.69) is 10.3 Å². The third-order valence-corrected chi connectivity index (χ3v) is 4.24. The Morgan fingerprint density at radius 1 is 1.00 bits per heavy atom. The molecule has 0 saturated heterocycles. The van der Waals surface area contributed by atoms with Crippen molar-refractivity contribution in [3.05, 3.63) is 85.2 Å². The van der Waals surface area contributed by atoms with Gasteiger partial charge in [-0.15, -0.1) is 0 Å². The molecule has 4 aromatic rings. The first-order chi connectivity index (χ1) is 13.2. The van der Waals surface area contributed by atoms with E-state index >= 15 is 0 Å². The monoisotopic (exact) mass is 357 g/mol. The number of pyridine rings is 1. The highest BCUT2D eigenvalue weighted by Gasteiger charge is 2.15. The van der Waals surface area contributed by atoms with Crippen molar-refractivity contribution < 1.29 is 9.53 Å². The third kappa shape index (κ3) is 3.82. The van der Waals surface area contributed by atoms with Crippen LogP contribution in [0.25, 0.3) is 16.9 Å². The Bertz CT molecular complexity index is 1020. The van der Waals surface area contributed by atoms with Gasteiger partial charge in [-0.1, -0.05) is 36.4 Å². The number of amides is 1. The Labute approximate surface area is 157 Å². The van der Waals surface area contributed by atoms with Crippen molar-refractivity contribution in [3.63, 3.8) is 0 Å². The predicted molar refractivity (Wildman–Crippen MR) is 106 cm³/mol. The van der Waals surface area contributed by atoms with E-state index in [9.17, 15) is 4.79 Å². The Balaban J connectivity index is 1.43. The second-order valence-corrected chi connectivity index (χ2v) is 6.23. The van der Waals surface area contributed by atoms with E-state index in [1.165, 1.54) is 0 Å². The van der Waals surface area contributed by atoms with E-state index in [1.54, 1.807) is 6.92 Å². The molecule has 5 nitrogen and oxygen atoms in total. The summed E-state index contributed by atoms with van der Waals surface area (Å²) in [7, 11) is 0. The van der Waals surface area contributed by atoms with Gasteiger partial charge in [-0.2, -0.15) is 0 Å². The minimum atomic E-state index is -0.592. The van der Waals surface area contributed by atoms with Crippen LogP contribution in [0.4, 0.5) is 5.69 Å². The number of nitrogens with one attached hydrogen (secondary N) is 1. The van der Waals surface area contributed by atoms with Gasteiger partial charge in [-0.25, -0.2) is 4.98 Å². The summed E-state index contributed by atoms with van der Waals surface area (Å²) in [5.41, 5.74) is 3.50. The lowest BCUT2D eigenvalue weighted by Crippen LogP contribution is -2.30. The van der Waals surface area contributed by atoms with E-state index in [0.29, 0.717) is 5.75 Å². The number of nitrogens with zero attached hydrogens (tertiary/aromatic N) is 2. The number of hydrogen-bond acceptors (Lipinski definition) is 3. The molecule has 1 atom stereocenters. The van der Waals surface area contributed by atoms with E-state index in [1.807, 2.05) is 89.6 Å². The number of carbonyl (C=O) groups is 1. The van der Waals surface area contributed by atoms with Gasteiger partial charge in [0.15, 0.2) is 6.10 Å². The molecule has 0 saturated carbocycles. The average molecular weight is 357 g/mol. The molecule has 0 unspecified atom stereocenters. The molecule has 2 heterocycles. The highest BCUT2D eigenvalue weighted by atomic mass is 16.5. The quantitative estimate of drug-likeness (QED) is 0.576. The van der Waals surface area contributed by atoms with Gasteiger partial charge >= 0.3 is 0 Å². The molecule has 2 aromatic carbocycles. The Morgan fingerprint density at radius 3 is 2.48 bits per heavy atom. The van der Waals surface area contributed by atoms with Crippen molar-refractivity contribution in [2.75, 3.05) is 5.32 Å². The number of benzene rings is 2. The fraction of sp³-hybridized carbons (Fsp3) is 0.0909. The van der Waals surface area contributed by atoms with Crippen LogP contribution in [0.2, 0.25) is 0 Å². The lowest BCUT2D eigenvalue weighted by molar-refractivity contribution is -0.122. The number of hydrogen-bond donors (Lipinski definition) is 1. The molecule has 0 aliphatic rings. The number of fused-ring (bicyclic) bond motifs is 1. The summed E-state index contributed by atoms with van der Waals surface area (Å²) < 4.78 is 7.63. The zero-order valence-corrected chi connectivity index (χ0v) is 14.9. The Morgan fingerprint density at radius 2 is 1.74 bits per heavy atom. The van der Waals surface area contributed by atoms with Gasteiger partial charge < -0.3 is 14.5 Å². The van der Waals surface area contributed by atoms with Gasteiger partial charge in [0.25, 0.3) is 5.91 Å². The number of para-hydroxylation sites is 1. The van der Waals surface area contributed by atoms with Gasteiger partial charge in [0.2, 0.25) is 0 Å². The van der Waals surface area contributed by atoms with Gasteiger partial charge in [0.05, 0.1) is 5.69 Å². The molecular weight excluding hydrogens is 338 g/mol. The van der Waals surface area contributed by atoms with Gasteiger partial charge in [0, 0.05) is 23.6 Å². The first-order valence-electron chi connectivity index (χ1n) is 8.76. The molecule has 1 amide bonds. The number of aromatic nitrogens is 2. The van der Waals surface area contributed by atoms with Crippen LogP contribution in [0.1, 0.15) is 6.92 Å².